The van der Waals surface area contributed by atoms with E-state index in [1.807, 2.05) is 36.4 Å². The minimum atomic E-state index is -0.206. The smallest absolute Gasteiger partial charge is 0.310 e. The molecule has 0 aliphatic carbocycles. The summed E-state index contributed by atoms with van der Waals surface area (Å²) in [4.78, 5) is 16.9. The van der Waals surface area contributed by atoms with E-state index in [2.05, 4.69) is 4.99 Å². The van der Waals surface area contributed by atoms with Crippen LogP contribution in [0.5, 0.6) is 5.88 Å². The third-order valence-corrected chi connectivity index (χ3v) is 5.16. The largest absolute Gasteiger partial charge is 0.493 e. The molecule has 3 aromatic rings. The third kappa shape index (κ3) is 3.04. The number of aromatic nitrogens is 1. The highest BCUT2D eigenvalue weighted by Gasteiger charge is 2.16. The Bertz CT molecular complexity index is 1060. The Morgan fingerprint density at radius 1 is 1.16 bits per heavy atom. The lowest BCUT2D eigenvalue weighted by atomic mass is 10.1. The van der Waals surface area contributed by atoms with Crippen molar-refractivity contribution in [2.75, 3.05) is 0 Å². The van der Waals surface area contributed by atoms with E-state index in [0.717, 1.165) is 33.7 Å². The number of aliphatic imine (C=N–C) groups is 1. The van der Waals surface area contributed by atoms with E-state index in [-0.39, 0.29) is 10.8 Å². The van der Waals surface area contributed by atoms with Gasteiger partial charge in [0.15, 0.2) is 0 Å². The molecular formula is C19H13ClN2O2S. The normalized spacial score (nSPS) is 14.2. The van der Waals surface area contributed by atoms with Crippen LogP contribution >= 0.6 is 22.9 Å². The molecule has 2 heterocycles. The molecule has 2 aromatic carbocycles. The van der Waals surface area contributed by atoms with Crippen molar-refractivity contribution in [3.63, 3.8) is 0 Å². The molecule has 4 rings (SSSR count). The number of halogens is 1. The second kappa shape index (κ2) is 6.35. The summed E-state index contributed by atoms with van der Waals surface area (Å²) in [6.07, 6.45) is 3.55. The number of hydrogen-bond donors (Lipinski definition) is 1. The number of hydrogen-bond acceptors (Lipinski definition) is 4. The van der Waals surface area contributed by atoms with Gasteiger partial charge in [-0.05, 0) is 29.8 Å². The fourth-order valence-corrected chi connectivity index (χ4v) is 3.68. The van der Waals surface area contributed by atoms with Crippen LogP contribution in [0.15, 0.2) is 58.3 Å². The summed E-state index contributed by atoms with van der Waals surface area (Å²) >= 11 is 6.90. The van der Waals surface area contributed by atoms with Gasteiger partial charge < -0.3 is 5.11 Å². The predicted octanol–water partition coefficient (Wildman–Crippen LogP) is 4.57. The van der Waals surface area contributed by atoms with Gasteiger partial charge in [-0.2, -0.15) is 0 Å². The van der Waals surface area contributed by atoms with Gasteiger partial charge in [0.05, 0.1) is 17.1 Å². The Balaban J connectivity index is 1.69. The van der Waals surface area contributed by atoms with E-state index < -0.39 is 0 Å². The Kier molecular flexibility index (Phi) is 4.03. The van der Waals surface area contributed by atoms with Crippen LogP contribution in [-0.2, 0) is 6.54 Å². The summed E-state index contributed by atoms with van der Waals surface area (Å²) in [6, 6.07) is 15.0. The van der Waals surface area contributed by atoms with Crippen molar-refractivity contribution in [3.05, 3.63) is 79.2 Å². The molecule has 0 amide bonds. The molecule has 4 nitrogen and oxygen atoms in total. The number of para-hydroxylation sites is 1. The predicted molar refractivity (Wildman–Crippen MR) is 103 cm³/mol. The molecule has 0 saturated heterocycles. The van der Waals surface area contributed by atoms with Crippen molar-refractivity contribution < 1.29 is 5.11 Å². The summed E-state index contributed by atoms with van der Waals surface area (Å²) < 4.78 is 1.36. The maximum atomic E-state index is 12.3. The average Bonchev–Trinajstić information content (AvgIpc) is 3.14. The van der Waals surface area contributed by atoms with E-state index in [0.29, 0.717) is 16.4 Å². The first kappa shape index (κ1) is 15.9. The lowest BCUT2D eigenvalue weighted by Crippen LogP contribution is -2.13. The second-order valence-electron chi connectivity index (χ2n) is 5.64. The molecule has 1 aliphatic heterocycles. The minimum Gasteiger partial charge on any atom is -0.493 e. The lowest BCUT2D eigenvalue weighted by Gasteiger charge is -2.04. The van der Waals surface area contributed by atoms with Gasteiger partial charge in [-0.15, -0.1) is 0 Å². The van der Waals surface area contributed by atoms with E-state index in [1.165, 1.54) is 4.57 Å². The number of aromatic hydroxyl groups is 1. The third-order valence-electron chi connectivity index (χ3n) is 3.99. The molecule has 25 heavy (non-hydrogen) atoms. The maximum Gasteiger partial charge on any atom is 0.310 e. The molecule has 124 valence electrons. The number of fused-ring (bicyclic) bond motifs is 1. The van der Waals surface area contributed by atoms with Crippen LogP contribution in [0.3, 0.4) is 0 Å². The molecule has 0 spiro atoms. The van der Waals surface area contributed by atoms with Crippen molar-refractivity contribution in [2.45, 2.75) is 6.54 Å². The van der Waals surface area contributed by atoms with E-state index >= 15 is 0 Å². The quantitative estimate of drug-likeness (QED) is 0.736. The van der Waals surface area contributed by atoms with E-state index in [4.69, 9.17) is 11.6 Å². The molecule has 0 radical (unpaired) electrons. The van der Waals surface area contributed by atoms with Crippen LogP contribution in [0.4, 0.5) is 5.69 Å². The number of allylic oxidation sites excluding steroid dienone is 1. The highest BCUT2D eigenvalue weighted by Crippen LogP contribution is 2.34. The van der Waals surface area contributed by atoms with Gasteiger partial charge in [0, 0.05) is 22.4 Å². The van der Waals surface area contributed by atoms with Crippen molar-refractivity contribution in [1.29, 1.82) is 0 Å². The second-order valence-corrected chi connectivity index (χ2v) is 7.07. The van der Waals surface area contributed by atoms with Gasteiger partial charge in [0.2, 0.25) is 5.88 Å². The highest BCUT2D eigenvalue weighted by molar-refractivity contribution is 7.10. The van der Waals surface area contributed by atoms with Crippen LogP contribution in [0, 0.1) is 0 Å². The molecule has 6 heteroatoms. The van der Waals surface area contributed by atoms with Crippen LogP contribution in [0.2, 0.25) is 5.02 Å². The summed E-state index contributed by atoms with van der Waals surface area (Å²) in [5, 5.41) is 11.1. The first-order valence-electron chi connectivity index (χ1n) is 7.64. The minimum absolute atomic E-state index is 0.0322. The van der Waals surface area contributed by atoms with E-state index in [1.54, 1.807) is 24.4 Å². The Morgan fingerprint density at radius 3 is 2.72 bits per heavy atom. The highest BCUT2D eigenvalue weighted by atomic mass is 35.5. The van der Waals surface area contributed by atoms with Crippen molar-refractivity contribution >= 4 is 46.5 Å². The molecule has 1 N–H and O–H groups in total. The van der Waals surface area contributed by atoms with Crippen molar-refractivity contribution in [2.24, 2.45) is 4.99 Å². The number of thiazole rings is 1. The van der Waals surface area contributed by atoms with Crippen molar-refractivity contribution in [1.82, 2.24) is 4.57 Å². The van der Waals surface area contributed by atoms with Crippen LogP contribution in [0.1, 0.15) is 16.0 Å². The fraction of sp³-hybridized carbons (Fsp3) is 0.0526. The van der Waals surface area contributed by atoms with Crippen LogP contribution in [0.25, 0.3) is 11.6 Å². The summed E-state index contributed by atoms with van der Waals surface area (Å²) in [6.45, 7) is 0.298. The van der Waals surface area contributed by atoms with Gasteiger partial charge >= 0.3 is 4.87 Å². The number of rotatable bonds is 3. The number of nitrogens with zero attached hydrogens (tertiary/aromatic N) is 2. The zero-order valence-electron chi connectivity index (χ0n) is 13.0. The summed E-state index contributed by atoms with van der Waals surface area (Å²) in [5.74, 6) is -0.0322. The molecule has 0 unspecified atom stereocenters. The summed E-state index contributed by atoms with van der Waals surface area (Å²) in [5.41, 5.74) is 3.66. The Hall–Kier alpha value is -2.63. The molecule has 0 saturated carbocycles. The molecule has 0 fully saturated rings. The fourth-order valence-electron chi connectivity index (χ4n) is 2.72. The molecule has 1 aliphatic rings. The molecule has 1 aromatic heterocycles. The zero-order valence-corrected chi connectivity index (χ0v) is 14.6. The lowest BCUT2D eigenvalue weighted by molar-refractivity contribution is 0.420. The Morgan fingerprint density at radius 2 is 1.92 bits per heavy atom. The zero-order chi connectivity index (χ0) is 17.4. The van der Waals surface area contributed by atoms with Gasteiger partial charge in [0.25, 0.3) is 0 Å². The van der Waals surface area contributed by atoms with Crippen LogP contribution in [-0.4, -0.2) is 15.9 Å². The number of benzene rings is 2. The van der Waals surface area contributed by atoms with Gasteiger partial charge in [0.1, 0.15) is 0 Å². The van der Waals surface area contributed by atoms with Crippen LogP contribution < -0.4 is 4.87 Å². The van der Waals surface area contributed by atoms with E-state index in [9.17, 15) is 9.90 Å². The average molecular weight is 369 g/mol. The first-order valence-corrected chi connectivity index (χ1v) is 8.83. The molecular weight excluding hydrogens is 356 g/mol. The molecule has 0 bridgehead atoms. The van der Waals surface area contributed by atoms with Crippen molar-refractivity contribution in [3.8, 4) is 5.88 Å². The Labute approximate surface area is 153 Å². The van der Waals surface area contributed by atoms with Gasteiger partial charge in [-0.3, -0.25) is 14.4 Å². The molecule has 0 atom stereocenters. The van der Waals surface area contributed by atoms with Gasteiger partial charge in [-0.1, -0.05) is 53.3 Å². The summed E-state index contributed by atoms with van der Waals surface area (Å²) in [7, 11) is 0. The maximum absolute atomic E-state index is 12.3. The standard InChI is InChI=1S/C19H13ClN2O2S/c20-14-7-5-12(6-8-14)11-22-18(23)17(25-19(22)24)9-13-10-21-16-4-2-1-3-15(13)16/h1-10,23H,11H2/b13-9-. The first-order chi connectivity index (χ1) is 12.1. The topological polar surface area (TPSA) is 54.6 Å². The SMILES string of the molecule is O=c1sc(/C=C2/C=Nc3ccccc32)c(O)n1Cc1ccc(Cl)cc1. The monoisotopic (exact) mass is 368 g/mol. The van der Waals surface area contributed by atoms with Gasteiger partial charge in [-0.25, -0.2) is 0 Å².